The van der Waals surface area contributed by atoms with E-state index in [9.17, 15) is 0 Å². The summed E-state index contributed by atoms with van der Waals surface area (Å²) in [5, 5.41) is 9.15. The molecule has 0 bridgehead atoms. The zero-order valence-corrected chi connectivity index (χ0v) is 11.2. The lowest BCUT2D eigenvalue weighted by Gasteiger charge is -2.39. The molecule has 1 saturated carbocycles. The van der Waals surface area contributed by atoms with Gasteiger partial charge in [0.2, 0.25) is 0 Å². The van der Waals surface area contributed by atoms with Gasteiger partial charge in [0, 0.05) is 38.8 Å². The van der Waals surface area contributed by atoms with E-state index in [-0.39, 0.29) is 0 Å². The standard InChI is InChI=1S/C14H25N3/c1-12(2)11-16-6-8-17(9-7-16)14-5-3-4-13(14)10-15/h12-14H,3-9,11H2,1-2H3. The monoisotopic (exact) mass is 235 g/mol. The molecule has 0 aromatic heterocycles. The molecule has 0 spiro atoms. The highest BCUT2D eigenvalue weighted by atomic mass is 15.3. The van der Waals surface area contributed by atoms with Crippen molar-refractivity contribution in [3.63, 3.8) is 0 Å². The molecule has 3 heteroatoms. The lowest BCUT2D eigenvalue weighted by atomic mass is 10.0. The van der Waals surface area contributed by atoms with Crippen molar-refractivity contribution in [2.75, 3.05) is 32.7 Å². The van der Waals surface area contributed by atoms with Crippen molar-refractivity contribution in [2.24, 2.45) is 11.8 Å². The first-order valence-electron chi connectivity index (χ1n) is 7.06. The Kier molecular flexibility index (Phi) is 4.42. The summed E-state index contributed by atoms with van der Waals surface area (Å²) in [5.41, 5.74) is 0. The van der Waals surface area contributed by atoms with Crippen molar-refractivity contribution in [2.45, 2.75) is 39.2 Å². The average molecular weight is 235 g/mol. The molecule has 1 aliphatic heterocycles. The molecule has 0 N–H and O–H groups in total. The van der Waals surface area contributed by atoms with Gasteiger partial charge in [0.15, 0.2) is 0 Å². The van der Waals surface area contributed by atoms with E-state index >= 15 is 0 Å². The second-order valence-electron chi connectivity index (χ2n) is 5.96. The van der Waals surface area contributed by atoms with E-state index in [1.807, 2.05) is 0 Å². The van der Waals surface area contributed by atoms with Crippen LogP contribution in [0.3, 0.4) is 0 Å². The van der Waals surface area contributed by atoms with Crippen LogP contribution in [0, 0.1) is 23.2 Å². The third-order valence-electron chi connectivity index (χ3n) is 4.14. The molecule has 96 valence electrons. The van der Waals surface area contributed by atoms with E-state index < -0.39 is 0 Å². The van der Waals surface area contributed by atoms with Crippen molar-refractivity contribution in [3.05, 3.63) is 0 Å². The Morgan fingerprint density at radius 3 is 2.47 bits per heavy atom. The van der Waals surface area contributed by atoms with E-state index in [2.05, 4.69) is 29.7 Å². The van der Waals surface area contributed by atoms with Gasteiger partial charge >= 0.3 is 0 Å². The summed E-state index contributed by atoms with van der Waals surface area (Å²) in [6, 6.07) is 3.06. The Labute approximate surface area is 105 Å². The molecule has 0 amide bonds. The normalized spacial score (nSPS) is 31.9. The number of hydrogen-bond donors (Lipinski definition) is 0. The number of hydrogen-bond acceptors (Lipinski definition) is 3. The minimum atomic E-state index is 0.298. The predicted molar refractivity (Wildman–Crippen MR) is 69.6 cm³/mol. The van der Waals surface area contributed by atoms with Crippen molar-refractivity contribution in [1.82, 2.24) is 9.80 Å². The lowest BCUT2D eigenvalue weighted by Crippen LogP contribution is -2.51. The van der Waals surface area contributed by atoms with Gasteiger partial charge in [-0.25, -0.2) is 0 Å². The number of nitriles is 1. The first kappa shape index (κ1) is 12.9. The van der Waals surface area contributed by atoms with Gasteiger partial charge in [0.25, 0.3) is 0 Å². The van der Waals surface area contributed by atoms with Gasteiger partial charge < -0.3 is 4.90 Å². The molecule has 1 saturated heterocycles. The molecule has 0 radical (unpaired) electrons. The highest BCUT2D eigenvalue weighted by Crippen LogP contribution is 2.30. The lowest BCUT2D eigenvalue weighted by molar-refractivity contribution is 0.0818. The van der Waals surface area contributed by atoms with Crippen LogP contribution in [-0.2, 0) is 0 Å². The number of rotatable bonds is 3. The third kappa shape index (κ3) is 3.20. The van der Waals surface area contributed by atoms with E-state index in [1.54, 1.807) is 0 Å². The van der Waals surface area contributed by atoms with E-state index in [0.717, 1.165) is 25.4 Å². The van der Waals surface area contributed by atoms with Crippen LogP contribution in [0.1, 0.15) is 33.1 Å². The van der Waals surface area contributed by atoms with Gasteiger partial charge in [-0.15, -0.1) is 0 Å². The zero-order valence-electron chi connectivity index (χ0n) is 11.2. The first-order valence-corrected chi connectivity index (χ1v) is 7.06. The molecule has 1 aliphatic carbocycles. The van der Waals surface area contributed by atoms with Gasteiger partial charge in [-0.3, -0.25) is 4.90 Å². The van der Waals surface area contributed by atoms with Crippen LogP contribution in [0.25, 0.3) is 0 Å². The predicted octanol–water partition coefficient (Wildman–Crippen LogP) is 1.95. The second kappa shape index (κ2) is 5.84. The maximum Gasteiger partial charge on any atom is 0.0672 e. The van der Waals surface area contributed by atoms with Crippen LogP contribution in [0.5, 0.6) is 0 Å². The Hall–Kier alpha value is -0.590. The van der Waals surface area contributed by atoms with Crippen LogP contribution in [-0.4, -0.2) is 48.6 Å². The summed E-state index contributed by atoms with van der Waals surface area (Å²) in [6.45, 7) is 10.5. The molecule has 2 fully saturated rings. The van der Waals surface area contributed by atoms with Crippen molar-refractivity contribution in [1.29, 1.82) is 5.26 Å². The SMILES string of the molecule is CC(C)CN1CCN(C2CCCC2C#N)CC1. The highest BCUT2D eigenvalue weighted by molar-refractivity contribution is 4.98. The smallest absolute Gasteiger partial charge is 0.0672 e. The van der Waals surface area contributed by atoms with E-state index in [4.69, 9.17) is 5.26 Å². The molecular formula is C14H25N3. The topological polar surface area (TPSA) is 30.3 Å². The molecular weight excluding hydrogens is 210 g/mol. The molecule has 3 nitrogen and oxygen atoms in total. The van der Waals surface area contributed by atoms with Gasteiger partial charge in [0.05, 0.1) is 12.0 Å². The maximum absolute atomic E-state index is 9.15. The fourth-order valence-electron chi connectivity index (χ4n) is 3.32. The van der Waals surface area contributed by atoms with Crippen molar-refractivity contribution in [3.8, 4) is 6.07 Å². The molecule has 2 rings (SSSR count). The molecule has 0 aromatic rings. The van der Waals surface area contributed by atoms with Crippen LogP contribution < -0.4 is 0 Å². The molecule has 17 heavy (non-hydrogen) atoms. The summed E-state index contributed by atoms with van der Waals surface area (Å²) in [4.78, 5) is 5.13. The molecule has 2 aliphatic rings. The van der Waals surface area contributed by atoms with E-state index in [0.29, 0.717) is 12.0 Å². The minimum absolute atomic E-state index is 0.298. The minimum Gasteiger partial charge on any atom is -0.301 e. The summed E-state index contributed by atoms with van der Waals surface area (Å²) in [7, 11) is 0. The van der Waals surface area contributed by atoms with E-state index in [1.165, 1.54) is 32.5 Å². The Morgan fingerprint density at radius 2 is 1.88 bits per heavy atom. The van der Waals surface area contributed by atoms with Crippen LogP contribution in [0.2, 0.25) is 0 Å². The number of nitrogens with zero attached hydrogens (tertiary/aromatic N) is 3. The van der Waals surface area contributed by atoms with Crippen molar-refractivity contribution >= 4 is 0 Å². The van der Waals surface area contributed by atoms with Gasteiger partial charge in [-0.2, -0.15) is 5.26 Å². The van der Waals surface area contributed by atoms with Crippen LogP contribution in [0.15, 0.2) is 0 Å². The molecule has 1 heterocycles. The van der Waals surface area contributed by atoms with Crippen LogP contribution >= 0.6 is 0 Å². The summed E-state index contributed by atoms with van der Waals surface area (Å²) >= 11 is 0. The van der Waals surface area contributed by atoms with Gasteiger partial charge in [-0.1, -0.05) is 20.3 Å². The first-order chi connectivity index (χ1) is 8.20. The fraction of sp³-hybridized carbons (Fsp3) is 0.929. The highest BCUT2D eigenvalue weighted by Gasteiger charge is 2.33. The van der Waals surface area contributed by atoms with Gasteiger partial charge in [0.1, 0.15) is 0 Å². The second-order valence-corrected chi connectivity index (χ2v) is 5.96. The van der Waals surface area contributed by atoms with Crippen LogP contribution in [0.4, 0.5) is 0 Å². The quantitative estimate of drug-likeness (QED) is 0.749. The average Bonchev–Trinajstić information content (AvgIpc) is 2.77. The van der Waals surface area contributed by atoms with Crippen molar-refractivity contribution < 1.29 is 0 Å². The zero-order chi connectivity index (χ0) is 12.3. The Balaban J connectivity index is 1.81. The number of piperazine rings is 1. The third-order valence-corrected chi connectivity index (χ3v) is 4.14. The summed E-state index contributed by atoms with van der Waals surface area (Å²) in [6.07, 6.45) is 3.60. The maximum atomic E-state index is 9.15. The largest absolute Gasteiger partial charge is 0.301 e. The fourth-order valence-corrected chi connectivity index (χ4v) is 3.32. The molecule has 2 unspecified atom stereocenters. The summed E-state index contributed by atoms with van der Waals surface area (Å²) in [5.74, 6) is 1.06. The van der Waals surface area contributed by atoms with Gasteiger partial charge in [-0.05, 0) is 18.8 Å². The summed E-state index contributed by atoms with van der Waals surface area (Å²) < 4.78 is 0. The Bertz CT molecular complexity index is 274. The molecule has 2 atom stereocenters. The Morgan fingerprint density at radius 1 is 1.18 bits per heavy atom. The molecule has 0 aromatic carbocycles.